The number of nitrogens with zero attached hydrogens (tertiary/aromatic N) is 1. The Labute approximate surface area is 156 Å². The number of fused-ring (bicyclic) bond motifs is 1. The SMILES string of the molecule is CCCCN[C@H](C)CNS(=O)(=O)c1ccc2cnccc2c1.Cl.Cl. The highest BCUT2D eigenvalue weighted by Gasteiger charge is 2.15. The molecule has 2 N–H and O–H groups in total. The lowest BCUT2D eigenvalue weighted by Crippen LogP contribution is -2.39. The number of sulfonamides is 1. The molecule has 0 saturated carbocycles. The van der Waals surface area contributed by atoms with Crippen molar-refractivity contribution in [2.75, 3.05) is 13.1 Å². The minimum absolute atomic E-state index is 0. The summed E-state index contributed by atoms with van der Waals surface area (Å²) < 4.78 is 27.4. The second-order valence-electron chi connectivity index (χ2n) is 5.45. The minimum Gasteiger partial charge on any atom is -0.313 e. The van der Waals surface area contributed by atoms with Gasteiger partial charge in [0.2, 0.25) is 10.0 Å². The van der Waals surface area contributed by atoms with Crippen LogP contribution in [-0.4, -0.2) is 32.5 Å². The average molecular weight is 394 g/mol. The maximum absolute atomic E-state index is 12.4. The standard InChI is InChI=1S/C16H23N3O2S.2ClH/c1-3-4-8-18-13(2)11-19-22(20,21)16-6-5-15-12-17-9-7-14(15)10-16;;/h5-7,9-10,12-13,18-19H,3-4,8,11H2,1-2H3;2*1H/t13-;;/m1../s1. The van der Waals surface area contributed by atoms with Crippen LogP contribution in [0.2, 0.25) is 0 Å². The van der Waals surface area contributed by atoms with E-state index >= 15 is 0 Å². The van der Waals surface area contributed by atoms with Crippen molar-refractivity contribution in [1.29, 1.82) is 0 Å². The highest BCUT2D eigenvalue weighted by atomic mass is 35.5. The van der Waals surface area contributed by atoms with Gasteiger partial charge >= 0.3 is 0 Å². The number of unbranched alkanes of at least 4 members (excludes halogenated alkanes) is 1. The Kier molecular flexibility index (Phi) is 10.4. The minimum atomic E-state index is -3.49. The molecule has 0 aliphatic rings. The normalized spacial score (nSPS) is 12.2. The summed E-state index contributed by atoms with van der Waals surface area (Å²) in [6.45, 7) is 5.39. The monoisotopic (exact) mass is 393 g/mol. The summed E-state index contributed by atoms with van der Waals surface area (Å²) in [5.74, 6) is 0. The molecule has 0 aliphatic heterocycles. The van der Waals surface area contributed by atoms with Crippen molar-refractivity contribution in [3.05, 3.63) is 36.7 Å². The van der Waals surface area contributed by atoms with Gasteiger partial charge in [0.1, 0.15) is 0 Å². The Morgan fingerprint density at radius 3 is 2.62 bits per heavy atom. The van der Waals surface area contributed by atoms with E-state index in [0.717, 1.165) is 30.2 Å². The van der Waals surface area contributed by atoms with E-state index in [1.165, 1.54) is 0 Å². The third kappa shape index (κ3) is 6.53. The molecule has 0 bridgehead atoms. The van der Waals surface area contributed by atoms with Gasteiger partial charge in [0.05, 0.1) is 4.90 Å². The predicted molar refractivity (Wildman–Crippen MR) is 104 cm³/mol. The van der Waals surface area contributed by atoms with Crippen LogP contribution in [0.25, 0.3) is 10.8 Å². The molecule has 0 saturated heterocycles. The molecule has 0 radical (unpaired) electrons. The largest absolute Gasteiger partial charge is 0.313 e. The number of nitrogens with one attached hydrogen (secondary N) is 2. The molecule has 5 nitrogen and oxygen atoms in total. The third-order valence-electron chi connectivity index (χ3n) is 3.53. The van der Waals surface area contributed by atoms with Crippen LogP contribution in [0, 0.1) is 0 Å². The molecule has 1 atom stereocenters. The summed E-state index contributed by atoms with van der Waals surface area (Å²) >= 11 is 0. The summed E-state index contributed by atoms with van der Waals surface area (Å²) in [7, 11) is -3.49. The molecular formula is C16H25Cl2N3O2S. The van der Waals surface area contributed by atoms with Crippen LogP contribution < -0.4 is 10.0 Å². The van der Waals surface area contributed by atoms with Crippen molar-refractivity contribution in [2.24, 2.45) is 0 Å². The van der Waals surface area contributed by atoms with E-state index in [4.69, 9.17) is 0 Å². The lowest BCUT2D eigenvalue weighted by molar-refractivity contribution is 0.515. The van der Waals surface area contributed by atoms with E-state index in [0.29, 0.717) is 6.54 Å². The number of hydrogen-bond acceptors (Lipinski definition) is 4. The van der Waals surface area contributed by atoms with Gasteiger partial charge in [-0.1, -0.05) is 19.4 Å². The number of rotatable bonds is 8. The number of benzene rings is 1. The molecule has 0 amide bonds. The third-order valence-corrected chi connectivity index (χ3v) is 4.95. The van der Waals surface area contributed by atoms with Gasteiger partial charge in [-0.25, -0.2) is 13.1 Å². The highest BCUT2D eigenvalue weighted by molar-refractivity contribution is 7.89. The second kappa shape index (κ2) is 10.8. The van der Waals surface area contributed by atoms with Crippen molar-refractivity contribution in [3.8, 4) is 0 Å². The topological polar surface area (TPSA) is 71.1 Å². The fraction of sp³-hybridized carbons (Fsp3) is 0.438. The predicted octanol–water partition coefficient (Wildman–Crippen LogP) is 3.13. The van der Waals surface area contributed by atoms with Gasteiger partial charge in [0.25, 0.3) is 0 Å². The van der Waals surface area contributed by atoms with Crippen LogP contribution in [0.3, 0.4) is 0 Å². The Hall–Kier alpha value is -0.920. The van der Waals surface area contributed by atoms with Gasteiger partial charge < -0.3 is 5.32 Å². The van der Waals surface area contributed by atoms with E-state index in [9.17, 15) is 8.42 Å². The van der Waals surface area contributed by atoms with Crippen molar-refractivity contribution >= 4 is 45.6 Å². The molecule has 1 aromatic carbocycles. The molecule has 1 heterocycles. The van der Waals surface area contributed by atoms with Gasteiger partial charge in [0.15, 0.2) is 0 Å². The lowest BCUT2D eigenvalue weighted by atomic mass is 10.2. The van der Waals surface area contributed by atoms with Crippen LogP contribution >= 0.6 is 24.8 Å². The van der Waals surface area contributed by atoms with Gasteiger partial charge in [-0.3, -0.25) is 4.98 Å². The first-order valence-electron chi connectivity index (χ1n) is 7.60. The van der Waals surface area contributed by atoms with E-state index < -0.39 is 10.0 Å². The molecule has 2 rings (SSSR count). The summed E-state index contributed by atoms with van der Waals surface area (Å²) in [5.41, 5.74) is 0. The van der Waals surface area contributed by atoms with Gasteiger partial charge in [-0.05, 0) is 43.5 Å². The Balaban J connectivity index is 0.00000264. The fourth-order valence-corrected chi connectivity index (χ4v) is 3.31. The van der Waals surface area contributed by atoms with E-state index in [1.807, 2.05) is 13.0 Å². The van der Waals surface area contributed by atoms with Crippen molar-refractivity contribution in [1.82, 2.24) is 15.0 Å². The van der Waals surface area contributed by atoms with E-state index in [-0.39, 0.29) is 35.8 Å². The first-order valence-corrected chi connectivity index (χ1v) is 9.08. The molecular weight excluding hydrogens is 369 g/mol. The van der Waals surface area contributed by atoms with E-state index in [1.54, 1.807) is 30.6 Å². The Morgan fingerprint density at radius 1 is 1.17 bits per heavy atom. The number of aromatic nitrogens is 1. The molecule has 8 heteroatoms. The van der Waals surface area contributed by atoms with Gasteiger partial charge in [0, 0.05) is 30.4 Å². The van der Waals surface area contributed by atoms with Gasteiger partial charge in [-0.15, -0.1) is 24.8 Å². The van der Waals surface area contributed by atoms with Crippen molar-refractivity contribution in [3.63, 3.8) is 0 Å². The van der Waals surface area contributed by atoms with Crippen molar-refractivity contribution < 1.29 is 8.42 Å². The summed E-state index contributed by atoms with van der Waals surface area (Å²) in [6.07, 6.45) is 5.60. The first kappa shape index (κ1) is 23.1. The summed E-state index contributed by atoms with van der Waals surface area (Å²) in [5, 5.41) is 5.10. The highest BCUT2D eigenvalue weighted by Crippen LogP contribution is 2.17. The lowest BCUT2D eigenvalue weighted by Gasteiger charge is -2.15. The summed E-state index contributed by atoms with van der Waals surface area (Å²) in [4.78, 5) is 4.31. The molecule has 136 valence electrons. The smallest absolute Gasteiger partial charge is 0.240 e. The molecule has 0 aliphatic carbocycles. The zero-order chi connectivity index (χ0) is 16.0. The van der Waals surface area contributed by atoms with E-state index in [2.05, 4.69) is 21.9 Å². The Morgan fingerprint density at radius 2 is 1.92 bits per heavy atom. The van der Waals surface area contributed by atoms with Gasteiger partial charge in [-0.2, -0.15) is 0 Å². The maximum Gasteiger partial charge on any atom is 0.240 e. The van der Waals surface area contributed by atoms with Crippen LogP contribution in [0.5, 0.6) is 0 Å². The fourth-order valence-electron chi connectivity index (χ4n) is 2.14. The zero-order valence-electron chi connectivity index (χ0n) is 13.9. The quantitative estimate of drug-likeness (QED) is 0.675. The van der Waals surface area contributed by atoms with Crippen LogP contribution in [-0.2, 0) is 10.0 Å². The molecule has 24 heavy (non-hydrogen) atoms. The van der Waals surface area contributed by atoms with Crippen LogP contribution in [0.1, 0.15) is 26.7 Å². The van der Waals surface area contributed by atoms with Crippen LogP contribution in [0.4, 0.5) is 0 Å². The zero-order valence-corrected chi connectivity index (χ0v) is 16.3. The maximum atomic E-state index is 12.4. The molecule has 1 aromatic heterocycles. The molecule has 0 fully saturated rings. The van der Waals surface area contributed by atoms with Crippen LogP contribution in [0.15, 0.2) is 41.6 Å². The first-order chi connectivity index (χ1) is 10.5. The summed E-state index contributed by atoms with van der Waals surface area (Å²) in [6, 6.07) is 6.98. The number of halogens is 2. The average Bonchev–Trinajstić information content (AvgIpc) is 2.53. The molecule has 0 unspecified atom stereocenters. The van der Waals surface area contributed by atoms with Crippen molar-refractivity contribution in [2.45, 2.75) is 37.6 Å². The second-order valence-corrected chi connectivity index (χ2v) is 7.21. The molecule has 2 aromatic rings. The Bertz CT molecular complexity index is 726. The number of hydrogen-bond donors (Lipinski definition) is 2. The molecule has 0 spiro atoms. The number of pyridine rings is 1.